The Morgan fingerprint density at radius 2 is 2.11 bits per heavy atom. The first-order chi connectivity index (χ1) is 17.5. The van der Waals surface area contributed by atoms with Gasteiger partial charge in [-0.2, -0.15) is 0 Å². The van der Waals surface area contributed by atoms with Gasteiger partial charge in [0, 0.05) is 23.1 Å². The number of allylic oxidation sites excluding steroid dienone is 1. The van der Waals surface area contributed by atoms with E-state index in [0.717, 1.165) is 25.7 Å². The fourth-order valence-corrected chi connectivity index (χ4v) is 3.93. The normalized spacial score (nSPS) is 18.2. The molecule has 0 amide bonds. The van der Waals surface area contributed by atoms with E-state index in [0.29, 0.717) is 27.9 Å². The summed E-state index contributed by atoms with van der Waals surface area (Å²) in [5.41, 5.74) is 6.86. The van der Waals surface area contributed by atoms with Crippen LogP contribution in [0.4, 0.5) is 14.5 Å². The Hall–Kier alpha value is -3.49. The number of halogens is 2. The van der Waals surface area contributed by atoms with E-state index in [9.17, 15) is 8.78 Å². The molecule has 36 heavy (non-hydrogen) atoms. The van der Waals surface area contributed by atoms with E-state index >= 15 is 0 Å². The number of pyridine rings is 2. The smallest absolute Gasteiger partial charge is 0.280 e. The number of nitrogens with one attached hydrogen (secondary N) is 3. The average molecular weight is 513 g/mol. The van der Waals surface area contributed by atoms with Crippen LogP contribution in [0.25, 0.3) is 11.1 Å². The molecular formula is C25H26F2N6O2S. The fraction of sp³-hybridized carbons (Fsp3) is 0.360. The van der Waals surface area contributed by atoms with Crippen LogP contribution in [0.1, 0.15) is 44.7 Å². The molecule has 0 radical (unpaired) electrons. The maximum Gasteiger partial charge on any atom is 0.280 e. The number of alkyl halides is 2. The van der Waals surface area contributed by atoms with Gasteiger partial charge < -0.3 is 9.47 Å². The van der Waals surface area contributed by atoms with E-state index in [1.165, 1.54) is 37.3 Å². The van der Waals surface area contributed by atoms with Gasteiger partial charge in [-0.1, -0.05) is 43.0 Å². The first-order valence-electron chi connectivity index (χ1n) is 11.5. The molecule has 1 aliphatic carbocycles. The highest BCUT2D eigenvalue weighted by Crippen LogP contribution is 2.39. The molecule has 0 spiro atoms. The van der Waals surface area contributed by atoms with E-state index in [1.807, 2.05) is 13.0 Å². The SMILES string of the molecule is CCC/C=C\C(=N)Oc1cc(-c2cc(C(F)F)ncc2OC)c(N=C2NNC(C#CC3CC3)S2)cn1. The van der Waals surface area contributed by atoms with Gasteiger partial charge in [0.25, 0.3) is 6.43 Å². The minimum Gasteiger partial charge on any atom is -0.494 e. The van der Waals surface area contributed by atoms with Gasteiger partial charge in [0.2, 0.25) is 11.8 Å². The summed E-state index contributed by atoms with van der Waals surface area (Å²) in [6, 6.07) is 2.81. The van der Waals surface area contributed by atoms with Crippen LogP contribution in [-0.2, 0) is 0 Å². The van der Waals surface area contributed by atoms with Crippen LogP contribution in [-0.4, -0.2) is 33.5 Å². The Bertz CT molecular complexity index is 1240. The molecule has 11 heteroatoms. The summed E-state index contributed by atoms with van der Waals surface area (Å²) < 4.78 is 37.9. The summed E-state index contributed by atoms with van der Waals surface area (Å²) >= 11 is 1.41. The lowest BCUT2D eigenvalue weighted by molar-refractivity contribution is 0.146. The van der Waals surface area contributed by atoms with Crippen LogP contribution < -0.4 is 20.3 Å². The Morgan fingerprint density at radius 1 is 1.28 bits per heavy atom. The third-order valence-electron chi connectivity index (χ3n) is 5.18. The number of hydrazine groups is 1. The molecule has 2 aromatic heterocycles. The van der Waals surface area contributed by atoms with Crippen molar-refractivity contribution in [3.05, 3.63) is 42.4 Å². The topological polar surface area (TPSA) is 105 Å². The zero-order valence-corrected chi connectivity index (χ0v) is 20.7. The van der Waals surface area contributed by atoms with Gasteiger partial charge in [-0.05, 0) is 31.4 Å². The molecule has 188 valence electrons. The molecule has 2 aliphatic rings. The van der Waals surface area contributed by atoms with Crippen molar-refractivity contribution in [1.82, 2.24) is 20.8 Å². The lowest BCUT2D eigenvalue weighted by Crippen LogP contribution is -2.30. The van der Waals surface area contributed by atoms with Crippen LogP contribution in [0.5, 0.6) is 11.6 Å². The third-order valence-corrected chi connectivity index (χ3v) is 6.06. The summed E-state index contributed by atoms with van der Waals surface area (Å²) in [7, 11) is 1.43. The average Bonchev–Trinajstić information content (AvgIpc) is 3.60. The van der Waals surface area contributed by atoms with Crippen molar-refractivity contribution in [3.8, 4) is 34.6 Å². The molecule has 2 fully saturated rings. The predicted octanol–water partition coefficient (Wildman–Crippen LogP) is 5.37. The third kappa shape index (κ3) is 6.80. The molecule has 1 unspecified atom stereocenters. The molecule has 1 saturated carbocycles. The minimum absolute atomic E-state index is 0.0924. The first-order valence-corrected chi connectivity index (χ1v) is 12.4. The van der Waals surface area contributed by atoms with Crippen molar-refractivity contribution in [2.24, 2.45) is 10.9 Å². The Kier molecular flexibility index (Phi) is 8.51. The number of ether oxygens (including phenoxy) is 2. The Labute approximate surface area is 212 Å². The van der Waals surface area contributed by atoms with Gasteiger partial charge >= 0.3 is 0 Å². The second kappa shape index (κ2) is 12.0. The summed E-state index contributed by atoms with van der Waals surface area (Å²) in [5, 5.41) is 8.44. The fourth-order valence-electron chi connectivity index (χ4n) is 3.19. The van der Waals surface area contributed by atoms with Crippen LogP contribution in [0.2, 0.25) is 0 Å². The largest absolute Gasteiger partial charge is 0.494 e. The van der Waals surface area contributed by atoms with Crippen molar-refractivity contribution < 1.29 is 18.3 Å². The lowest BCUT2D eigenvalue weighted by Gasteiger charge is -2.13. The molecule has 8 nitrogen and oxygen atoms in total. The van der Waals surface area contributed by atoms with E-state index in [-0.39, 0.29) is 22.9 Å². The molecule has 2 aromatic rings. The molecule has 0 aromatic carbocycles. The van der Waals surface area contributed by atoms with Crippen molar-refractivity contribution in [1.29, 1.82) is 5.41 Å². The van der Waals surface area contributed by atoms with Gasteiger partial charge in [-0.25, -0.2) is 24.2 Å². The highest BCUT2D eigenvalue weighted by Gasteiger charge is 2.23. The number of unbranched alkanes of at least 4 members (excludes halogenated alkanes) is 1. The summed E-state index contributed by atoms with van der Waals surface area (Å²) in [4.78, 5) is 12.7. The van der Waals surface area contributed by atoms with Crippen LogP contribution in [0.15, 0.2) is 41.7 Å². The van der Waals surface area contributed by atoms with Crippen molar-refractivity contribution >= 4 is 28.5 Å². The number of aromatic nitrogens is 2. The zero-order valence-electron chi connectivity index (χ0n) is 19.8. The predicted molar refractivity (Wildman–Crippen MR) is 137 cm³/mol. The van der Waals surface area contributed by atoms with Gasteiger partial charge in [0.15, 0.2) is 5.17 Å². The summed E-state index contributed by atoms with van der Waals surface area (Å²) in [5.74, 6) is 7.19. The molecule has 1 saturated heterocycles. The van der Waals surface area contributed by atoms with Crippen molar-refractivity contribution in [2.75, 3.05) is 7.11 Å². The van der Waals surface area contributed by atoms with Gasteiger partial charge in [-0.15, -0.1) is 0 Å². The maximum atomic E-state index is 13.5. The Morgan fingerprint density at radius 3 is 2.83 bits per heavy atom. The van der Waals surface area contributed by atoms with Gasteiger partial charge in [-0.3, -0.25) is 15.8 Å². The van der Waals surface area contributed by atoms with Crippen LogP contribution in [0.3, 0.4) is 0 Å². The molecule has 3 heterocycles. The van der Waals surface area contributed by atoms with Crippen molar-refractivity contribution in [2.45, 2.75) is 44.4 Å². The zero-order chi connectivity index (χ0) is 25.5. The first kappa shape index (κ1) is 25.6. The van der Waals surface area contributed by atoms with Crippen molar-refractivity contribution in [3.63, 3.8) is 0 Å². The molecular weight excluding hydrogens is 486 g/mol. The van der Waals surface area contributed by atoms with Gasteiger partial charge in [0.05, 0.1) is 25.2 Å². The number of hydrogen-bond donors (Lipinski definition) is 3. The Balaban J connectivity index is 1.69. The quantitative estimate of drug-likeness (QED) is 0.248. The second-order valence-corrected chi connectivity index (χ2v) is 9.15. The number of aliphatic imine (C=N–C) groups is 1. The number of thioether (sulfide) groups is 1. The molecule has 0 bridgehead atoms. The second-order valence-electron chi connectivity index (χ2n) is 8.05. The van der Waals surface area contributed by atoms with Crippen LogP contribution in [0, 0.1) is 23.2 Å². The minimum atomic E-state index is -2.76. The molecule has 1 atom stereocenters. The summed E-state index contributed by atoms with van der Waals surface area (Å²) in [6.45, 7) is 2.04. The standard InChI is InChI=1S/C25H26F2N6O2S/c1-3-4-5-6-21(28)35-22-12-16(17-11-18(24(26)27)29-14-20(17)34-2)19(13-30-22)31-25-33-32-23(36-25)10-9-15-7-8-15/h5-6,11-15,23-24,28,32H,3-4,7-8H2,1-2H3,(H,31,33)/b6-5-,28-21?. The highest BCUT2D eigenvalue weighted by molar-refractivity contribution is 8.14. The number of rotatable bonds is 8. The molecule has 3 N–H and O–H groups in total. The molecule has 1 aliphatic heterocycles. The van der Waals surface area contributed by atoms with Gasteiger partial charge in [0.1, 0.15) is 16.8 Å². The van der Waals surface area contributed by atoms with Crippen LogP contribution >= 0.6 is 11.8 Å². The maximum absolute atomic E-state index is 13.5. The number of methoxy groups -OCH3 is 1. The molecule has 4 rings (SSSR count). The number of hydrogen-bond acceptors (Lipinski definition) is 8. The summed E-state index contributed by atoms with van der Waals surface area (Å²) in [6.07, 6.45) is 7.38. The van der Waals surface area contributed by atoms with E-state index in [1.54, 1.807) is 12.1 Å². The number of amidine groups is 1. The lowest BCUT2D eigenvalue weighted by atomic mass is 10.0. The number of nitrogens with zero attached hydrogens (tertiary/aromatic N) is 3. The van der Waals surface area contributed by atoms with E-state index in [4.69, 9.17) is 14.9 Å². The highest BCUT2D eigenvalue weighted by atomic mass is 32.2. The van der Waals surface area contributed by atoms with E-state index in [2.05, 4.69) is 37.7 Å². The van der Waals surface area contributed by atoms with E-state index < -0.39 is 12.1 Å². The monoisotopic (exact) mass is 512 g/mol.